The van der Waals surface area contributed by atoms with Crippen LogP contribution in [-0.2, 0) is 4.79 Å². The zero-order valence-corrected chi connectivity index (χ0v) is 5.94. The van der Waals surface area contributed by atoms with Gasteiger partial charge in [-0.15, -0.1) is 4.91 Å². The Hall–Kier alpha value is -0.658. The van der Waals surface area contributed by atoms with Gasteiger partial charge in [-0.25, -0.2) is 0 Å². The molecule has 5 heteroatoms. The molecular formula is C4H4AlNO3. The fourth-order valence-electron chi connectivity index (χ4n) is 0.289. The number of carbonyl (C=O) groups is 1. The summed E-state index contributed by atoms with van der Waals surface area (Å²) in [5.74, 6) is -0.356. The van der Waals surface area contributed by atoms with Crippen molar-refractivity contribution in [1.82, 2.24) is 0 Å². The molecule has 0 aromatic heterocycles. The van der Waals surface area contributed by atoms with Gasteiger partial charge in [0.05, 0.1) is 4.65 Å². The molecule has 0 aliphatic heterocycles. The highest BCUT2D eigenvalue weighted by Gasteiger charge is 2.04. The lowest BCUT2D eigenvalue weighted by Gasteiger charge is -1.91. The van der Waals surface area contributed by atoms with Gasteiger partial charge >= 0.3 is 0 Å². The first-order valence-corrected chi connectivity index (χ1v) is 2.70. The Morgan fingerprint density at radius 3 is 2.11 bits per heavy atom. The van der Waals surface area contributed by atoms with E-state index < -0.39 is 10.3 Å². The van der Waals surface area contributed by atoms with Crippen molar-refractivity contribution in [3.05, 3.63) is 16.4 Å². The predicted molar refractivity (Wildman–Crippen MR) is 31.9 cm³/mol. The molecule has 9 heavy (non-hydrogen) atoms. The number of hydrogen-bond donors (Lipinski definition) is 1. The highest BCUT2D eigenvalue weighted by Crippen LogP contribution is 2.00. The van der Waals surface area contributed by atoms with E-state index in [0.29, 0.717) is 0 Å². The molecule has 0 aliphatic carbocycles. The van der Waals surface area contributed by atoms with Crippen LogP contribution >= 0.6 is 0 Å². The van der Waals surface area contributed by atoms with Crippen molar-refractivity contribution >= 4 is 20.9 Å². The number of nitroso groups, excluding NO2 is 1. The summed E-state index contributed by atoms with van der Waals surface area (Å²) in [6, 6.07) is 0. The van der Waals surface area contributed by atoms with E-state index in [0.717, 1.165) is 0 Å². The average Bonchev–Trinajstić information content (AvgIpc) is 1.64. The molecular weight excluding hydrogens is 137 g/mol. The number of carbonyl (C=O) groups excluding carboxylic acids is 1. The number of aliphatic hydroxyl groups is 1. The fourth-order valence-corrected chi connectivity index (χ4v) is 0.551. The van der Waals surface area contributed by atoms with Crippen molar-refractivity contribution in [3.63, 3.8) is 0 Å². The first-order valence-electron chi connectivity index (χ1n) is 2.12. The molecule has 0 spiro atoms. The van der Waals surface area contributed by atoms with E-state index in [-0.39, 0.29) is 5.76 Å². The van der Waals surface area contributed by atoms with Crippen LogP contribution in [0.25, 0.3) is 0 Å². The third kappa shape index (κ3) is 2.40. The summed E-state index contributed by atoms with van der Waals surface area (Å²) in [7, 11) is 0. The molecule has 0 saturated heterocycles. The Morgan fingerprint density at radius 1 is 1.67 bits per heavy atom. The molecule has 0 aliphatic rings. The molecule has 0 atom stereocenters. The third-order valence-corrected chi connectivity index (χ3v) is 0.941. The van der Waals surface area contributed by atoms with Crippen molar-refractivity contribution in [2.45, 2.75) is 6.92 Å². The Balaban J connectivity index is 4.55. The van der Waals surface area contributed by atoms with Crippen LogP contribution in [0, 0.1) is 4.91 Å². The largest absolute Gasteiger partial charge is 0.510 e. The molecule has 0 heterocycles. The van der Waals surface area contributed by atoms with Gasteiger partial charge in [0.1, 0.15) is 5.76 Å². The van der Waals surface area contributed by atoms with E-state index in [2.05, 4.69) is 5.18 Å². The van der Waals surface area contributed by atoms with E-state index in [9.17, 15) is 9.70 Å². The minimum Gasteiger partial charge on any atom is -0.510 e. The van der Waals surface area contributed by atoms with Crippen molar-refractivity contribution in [1.29, 1.82) is 0 Å². The van der Waals surface area contributed by atoms with E-state index in [1.165, 1.54) is 6.92 Å². The van der Waals surface area contributed by atoms with Gasteiger partial charge in [0.25, 0.3) is 16.3 Å². The van der Waals surface area contributed by atoms with Gasteiger partial charge in [0, 0.05) is 0 Å². The molecule has 0 aromatic rings. The fraction of sp³-hybridized carbons (Fsp3) is 0.250. The molecule has 2 radical (unpaired) electrons. The maximum absolute atomic E-state index is 10.3. The Kier molecular flexibility index (Phi) is 3.14. The Labute approximate surface area is 60.0 Å². The monoisotopic (exact) mass is 141 g/mol. The zero-order chi connectivity index (χ0) is 7.44. The van der Waals surface area contributed by atoms with Crippen LogP contribution in [0.1, 0.15) is 6.92 Å². The lowest BCUT2D eigenvalue weighted by atomic mass is 10.4. The highest BCUT2D eigenvalue weighted by atomic mass is 27.0. The van der Waals surface area contributed by atoms with Gasteiger partial charge in [0.15, 0.2) is 5.70 Å². The molecule has 0 amide bonds. The van der Waals surface area contributed by atoms with Crippen LogP contribution in [-0.4, -0.2) is 26.0 Å². The SMILES string of the molecule is CC(O)=C(N=O)[C](=O)[Al]. The smallest absolute Gasteiger partial charge is 0.253 e. The minimum atomic E-state index is -0.606. The lowest BCUT2D eigenvalue weighted by molar-refractivity contribution is -0.108. The van der Waals surface area contributed by atoms with Crippen LogP contribution in [0.4, 0.5) is 0 Å². The van der Waals surface area contributed by atoms with Crippen molar-refractivity contribution in [3.8, 4) is 0 Å². The normalized spacial score (nSPS) is 12.1. The standard InChI is InChI=1S/C4H4NO3.Al/c1-3(7)4(2-6)5-8;/h7H,1H3;. The van der Waals surface area contributed by atoms with Crippen LogP contribution in [0.5, 0.6) is 0 Å². The van der Waals surface area contributed by atoms with E-state index >= 15 is 0 Å². The predicted octanol–water partition coefficient (Wildman–Crippen LogP) is 0.237. The number of rotatable bonds is 2. The molecule has 0 saturated carbocycles. The summed E-state index contributed by atoms with van der Waals surface area (Å²) < 4.78 is -0.606. The average molecular weight is 141 g/mol. The summed E-state index contributed by atoms with van der Waals surface area (Å²) in [5, 5.41) is 10.8. The van der Waals surface area contributed by atoms with E-state index in [1.54, 1.807) is 16.3 Å². The number of hydrogen-bond acceptors (Lipinski definition) is 4. The Morgan fingerprint density at radius 2 is 2.11 bits per heavy atom. The van der Waals surface area contributed by atoms with Gasteiger partial charge in [-0.1, -0.05) is 0 Å². The summed E-state index contributed by atoms with van der Waals surface area (Å²) >= 11 is 1.74. The number of aliphatic hydroxyl groups excluding tert-OH is 1. The minimum absolute atomic E-state index is 0.356. The zero-order valence-electron chi connectivity index (χ0n) is 4.79. The molecule has 46 valence electrons. The summed E-state index contributed by atoms with van der Waals surface area (Å²) in [4.78, 5) is 20.0. The molecule has 0 aromatic carbocycles. The molecule has 1 N–H and O–H groups in total. The van der Waals surface area contributed by atoms with Gasteiger partial charge in [0.2, 0.25) is 0 Å². The second kappa shape index (κ2) is 3.38. The molecule has 0 bridgehead atoms. The van der Waals surface area contributed by atoms with Gasteiger partial charge in [-0.05, 0) is 12.1 Å². The van der Waals surface area contributed by atoms with Gasteiger partial charge in [-0.2, -0.15) is 0 Å². The number of allylic oxidation sites excluding steroid dienone is 2. The third-order valence-electron chi connectivity index (χ3n) is 0.667. The number of nitrogens with zero attached hydrogens (tertiary/aromatic N) is 1. The first kappa shape index (κ1) is 8.34. The van der Waals surface area contributed by atoms with Crippen molar-refractivity contribution in [2.24, 2.45) is 5.18 Å². The highest BCUT2D eigenvalue weighted by molar-refractivity contribution is 6.62. The van der Waals surface area contributed by atoms with E-state index in [4.69, 9.17) is 5.11 Å². The van der Waals surface area contributed by atoms with E-state index in [1.807, 2.05) is 0 Å². The van der Waals surface area contributed by atoms with Crippen LogP contribution in [0.15, 0.2) is 16.6 Å². The summed E-state index contributed by atoms with van der Waals surface area (Å²) in [5.41, 5.74) is -0.444. The second-order valence-corrected chi connectivity index (χ2v) is 1.91. The molecule has 0 rings (SSSR count). The molecule has 0 unspecified atom stereocenters. The summed E-state index contributed by atoms with van der Waals surface area (Å²) in [6.45, 7) is 1.22. The maximum atomic E-state index is 10.3. The van der Waals surface area contributed by atoms with Crippen LogP contribution in [0.3, 0.4) is 0 Å². The lowest BCUT2D eigenvalue weighted by Crippen LogP contribution is -2.00. The van der Waals surface area contributed by atoms with Crippen LogP contribution < -0.4 is 0 Å². The first-order chi connectivity index (χ1) is 4.09. The Bertz CT molecular complexity index is 171. The molecule has 4 nitrogen and oxygen atoms in total. The van der Waals surface area contributed by atoms with Crippen molar-refractivity contribution < 1.29 is 9.90 Å². The van der Waals surface area contributed by atoms with Crippen LogP contribution in [0.2, 0.25) is 0 Å². The summed E-state index contributed by atoms with van der Waals surface area (Å²) in [6.07, 6.45) is 0. The quantitative estimate of drug-likeness (QED) is 0.259. The van der Waals surface area contributed by atoms with Crippen molar-refractivity contribution in [2.75, 3.05) is 0 Å². The topological polar surface area (TPSA) is 66.7 Å². The van der Waals surface area contributed by atoms with Gasteiger partial charge in [-0.3, -0.25) is 0 Å². The second-order valence-electron chi connectivity index (χ2n) is 1.39. The molecule has 0 fully saturated rings. The maximum Gasteiger partial charge on any atom is 0.253 e. The van der Waals surface area contributed by atoms with Gasteiger partial charge < -0.3 is 9.90 Å².